The number of nitrogens with one attached hydrogen (secondary N) is 3. The molecular formula is C29H31Cl2N5O7S. The number of hydroxylamine groups is 1. The third kappa shape index (κ3) is 7.59. The predicted molar refractivity (Wildman–Crippen MR) is 162 cm³/mol. The van der Waals surface area contributed by atoms with Crippen LogP contribution in [0.15, 0.2) is 71.6 Å². The Morgan fingerprint density at radius 3 is 2.30 bits per heavy atom. The lowest BCUT2D eigenvalue weighted by Crippen LogP contribution is -2.57. The topological polar surface area (TPSA) is 167 Å². The third-order valence-electron chi connectivity index (χ3n) is 7.02. The Balaban J connectivity index is 1.63. The molecule has 1 aliphatic rings. The second-order valence-electron chi connectivity index (χ2n) is 10.6. The standard InChI is InChI=1S/C29H31Cl2N5O7S/c1-18(2)14-23(26(37)34-40)36-13-12-29(27(36)38,33-28(39)35-44(41,42)22-6-4-3-5-7-22)20-8-10-21(11-9-20)43-17-19-15-24(30)32-25(31)16-19/h3-11,15-16,18,23,40H,12-14,17H2,1-2H3,(H,34,37)(H2,33,35,39). The van der Waals surface area contributed by atoms with Gasteiger partial charge in [0.25, 0.3) is 21.8 Å². The van der Waals surface area contributed by atoms with E-state index in [1.54, 1.807) is 47.9 Å². The van der Waals surface area contributed by atoms with E-state index < -0.39 is 39.4 Å². The zero-order chi connectivity index (χ0) is 32.1. The molecule has 4 amide bonds. The van der Waals surface area contributed by atoms with Gasteiger partial charge < -0.3 is 15.0 Å². The van der Waals surface area contributed by atoms with Gasteiger partial charge in [-0.1, -0.05) is 67.4 Å². The largest absolute Gasteiger partial charge is 0.489 e. The first-order valence-corrected chi connectivity index (χ1v) is 15.8. The number of amides is 4. The highest BCUT2D eigenvalue weighted by Crippen LogP contribution is 2.36. The monoisotopic (exact) mass is 663 g/mol. The smallest absolute Gasteiger partial charge is 0.329 e. The van der Waals surface area contributed by atoms with E-state index in [0.717, 1.165) is 0 Å². The average Bonchev–Trinajstić information content (AvgIpc) is 3.30. The maximum Gasteiger partial charge on any atom is 0.329 e. The number of hydrogen-bond acceptors (Lipinski definition) is 8. The first-order valence-electron chi connectivity index (χ1n) is 13.5. The summed E-state index contributed by atoms with van der Waals surface area (Å²) < 4.78 is 33.5. The summed E-state index contributed by atoms with van der Waals surface area (Å²) in [4.78, 5) is 44.9. The molecule has 0 aliphatic carbocycles. The van der Waals surface area contributed by atoms with E-state index >= 15 is 0 Å². The van der Waals surface area contributed by atoms with Crippen molar-refractivity contribution in [2.24, 2.45) is 5.92 Å². The molecule has 1 saturated heterocycles. The Morgan fingerprint density at radius 2 is 1.70 bits per heavy atom. The van der Waals surface area contributed by atoms with E-state index in [4.69, 9.17) is 27.9 Å². The van der Waals surface area contributed by atoms with Crippen LogP contribution < -0.4 is 20.3 Å². The minimum Gasteiger partial charge on any atom is -0.489 e. The lowest BCUT2D eigenvalue weighted by Gasteiger charge is -2.32. The minimum absolute atomic E-state index is 0.00611. The van der Waals surface area contributed by atoms with Gasteiger partial charge in [0.05, 0.1) is 4.90 Å². The summed E-state index contributed by atoms with van der Waals surface area (Å²) in [5, 5.41) is 12.4. The Kier molecular flexibility index (Phi) is 10.4. The van der Waals surface area contributed by atoms with E-state index in [-0.39, 0.29) is 47.1 Å². The minimum atomic E-state index is -4.26. The van der Waals surface area contributed by atoms with Gasteiger partial charge in [0.2, 0.25) is 0 Å². The molecule has 2 atom stereocenters. The summed E-state index contributed by atoms with van der Waals surface area (Å²) in [5.74, 6) is -1.02. The number of carbonyl (C=O) groups excluding carboxylic acids is 3. The van der Waals surface area contributed by atoms with E-state index in [2.05, 4.69) is 10.3 Å². The summed E-state index contributed by atoms with van der Waals surface area (Å²) in [7, 11) is -4.26. The molecule has 44 heavy (non-hydrogen) atoms. The zero-order valence-electron chi connectivity index (χ0n) is 23.8. The maximum atomic E-state index is 14.1. The predicted octanol–water partition coefficient (Wildman–Crippen LogP) is 4.00. The third-order valence-corrected chi connectivity index (χ3v) is 8.75. The van der Waals surface area contributed by atoms with Gasteiger partial charge in [-0.2, -0.15) is 0 Å². The Hall–Kier alpha value is -3.91. The van der Waals surface area contributed by atoms with Gasteiger partial charge in [-0.25, -0.2) is 28.4 Å². The molecule has 0 radical (unpaired) electrons. The first kappa shape index (κ1) is 33.0. The number of halogens is 2. The number of likely N-dealkylation sites (tertiary alicyclic amines) is 1. The number of urea groups is 1. The number of ether oxygens (including phenoxy) is 1. The highest BCUT2D eigenvalue weighted by Gasteiger charge is 2.52. The number of nitrogens with zero attached hydrogens (tertiary/aromatic N) is 2. The molecule has 1 fully saturated rings. The molecule has 4 N–H and O–H groups in total. The normalized spacial score (nSPS) is 17.3. The van der Waals surface area contributed by atoms with Crippen molar-refractivity contribution in [1.82, 2.24) is 25.4 Å². The lowest BCUT2D eigenvalue weighted by atomic mass is 9.88. The van der Waals surface area contributed by atoms with Gasteiger partial charge in [0, 0.05) is 13.0 Å². The fourth-order valence-electron chi connectivity index (χ4n) is 4.99. The highest BCUT2D eigenvalue weighted by molar-refractivity contribution is 7.90. The number of hydrogen-bond donors (Lipinski definition) is 4. The van der Waals surface area contributed by atoms with Crippen molar-refractivity contribution in [3.8, 4) is 5.75 Å². The van der Waals surface area contributed by atoms with Crippen LogP contribution in [0.3, 0.4) is 0 Å². The lowest BCUT2D eigenvalue weighted by molar-refractivity contribution is -0.145. The molecular weight excluding hydrogens is 633 g/mol. The van der Waals surface area contributed by atoms with Crippen LogP contribution in [0.2, 0.25) is 10.3 Å². The summed E-state index contributed by atoms with van der Waals surface area (Å²) in [5.41, 5.74) is 0.875. The number of benzene rings is 2. The Morgan fingerprint density at radius 1 is 1.07 bits per heavy atom. The van der Waals surface area contributed by atoms with E-state index in [0.29, 0.717) is 16.9 Å². The van der Waals surface area contributed by atoms with Crippen LogP contribution in [0.4, 0.5) is 4.79 Å². The van der Waals surface area contributed by atoms with Gasteiger partial charge in [-0.05, 0) is 59.9 Å². The van der Waals surface area contributed by atoms with Gasteiger partial charge in [0.15, 0.2) is 0 Å². The highest BCUT2D eigenvalue weighted by atomic mass is 35.5. The SMILES string of the molecule is CC(C)CC(C(=O)NO)N1CCC(NC(=O)NS(=O)(=O)c2ccccc2)(c2ccc(OCc3cc(Cl)nc(Cl)c3)cc2)C1=O. The molecule has 2 heterocycles. The van der Waals surface area contributed by atoms with Gasteiger partial charge in [-0.3, -0.25) is 14.8 Å². The van der Waals surface area contributed by atoms with Crippen molar-refractivity contribution in [2.45, 2.75) is 49.8 Å². The van der Waals surface area contributed by atoms with Crippen molar-refractivity contribution in [3.05, 3.63) is 88.2 Å². The Labute approximate surface area is 264 Å². The fourth-order valence-corrected chi connectivity index (χ4v) is 6.43. The van der Waals surface area contributed by atoms with E-state index in [1.165, 1.54) is 29.2 Å². The first-order chi connectivity index (χ1) is 20.8. The molecule has 4 rings (SSSR count). The van der Waals surface area contributed by atoms with Crippen LogP contribution in [-0.2, 0) is 31.8 Å². The van der Waals surface area contributed by atoms with Gasteiger partial charge in [0.1, 0.15) is 34.2 Å². The molecule has 1 aromatic heterocycles. The van der Waals surface area contributed by atoms with Crippen LogP contribution in [0.1, 0.15) is 37.8 Å². The molecule has 2 unspecified atom stereocenters. The number of aromatic nitrogens is 1. The van der Waals surface area contributed by atoms with Gasteiger partial charge in [-0.15, -0.1) is 0 Å². The van der Waals surface area contributed by atoms with E-state index in [1.807, 2.05) is 18.6 Å². The van der Waals surface area contributed by atoms with Crippen LogP contribution in [0, 0.1) is 5.92 Å². The van der Waals surface area contributed by atoms with Crippen molar-refractivity contribution in [2.75, 3.05) is 6.54 Å². The molecule has 234 valence electrons. The quantitative estimate of drug-likeness (QED) is 0.136. The summed E-state index contributed by atoms with van der Waals surface area (Å²) in [6, 6.07) is 14.6. The molecule has 0 bridgehead atoms. The molecule has 12 nitrogen and oxygen atoms in total. The molecule has 1 aliphatic heterocycles. The molecule has 3 aromatic rings. The maximum absolute atomic E-state index is 14.1. The molecule has 15 heteroatoms. The number of pyridine rings is 1. The van der Waals surface area contributed by atoms with Crippen molar-refractivity contribution >= 4 is 51.1 Å². The van der Waals surface area contributed by atoms with Gasteiger partial charge >= 0.3 is 6.03 Å². The van der Waals surface area contributed by atoms with Crippen LogP contribution in [0.25, 0.3) is 0 Å². The average molecular weight is 665 g/mol. The summed E-state index contributed by atoms with van der Waals surface area (Å²) in [6.07, 6.45) is 0.241. The van der Waals surface area contributed by atoms with E-state index in [9.17, 15) is 28.0 Å². The summed E-state index contributed by atoms with van der Waals surface area (Å²) in [6.45, 7) is 3.87. The van der Waals surface area contributed by atoms with Crippen LogP contribution >= 0.6 is 23.2 Å². The Bertz CT molecular complexity index is 1600. The van der Waals surface area contributed by atoms with Crippen molar-refractivity contribution < 1.29 is 32.7 Å². The number of sulfonamides is 1. The number of carbonyl (C=O) groups is 3. The second kappa shape index (κ2) is 13.8. The van der Waals surface area contributed by atoms with Crippen LogP contribution in [-0.4, -0.2) is 53.9 Å². The molecule has 0 saturated carbocycles. The summed E-state index contributed by atoms with van der Waals surface area (Å²) >= 11 is 11.9. The van der Waals surface area contributed by atoms with Crippen molar-refractivity contribution in [3.63, 3.8) is 0 Å². The van der Waals surface area contributed by atoms with Crippen LogP contribution in [0.5, 0.6) is 5.75 Å². The fraction of sp³-hybridized carbons (Fsp3) is 0.310. The zero-order valence-corrected chi connectivity index (χ0v) is 26.1. The molecule has 2 aromatic carbocycles. The molecule has 0 spiro atoms. The number of rotatable bonds is 11. The van der Waals surface area contributed by atoms with Crippen molar-refractivity contribution in [1.29, 1.82) is 0 Å². The second-order valence-corrected chi connectivity index (χ2v) is 13.0.